The third-order valence-electron chi connectivity index (χ3n) is 5.84. The summed E-state index contributed by atoms with van der Waals surface area (Å²) in [5.41, 5.74) is 2.92. The van der Waals surface area contributed by atoms with Crippen LogP contribution >= 0.6 is 0 Å². The molecule has 1 atom stereocenters. The number of aromatic nitrogens is 1. The number of carbonyl (C=O) groups excluding carboxylic acids is 1. The Labute approximate surface area is 187 Å². The molecule has 32 heavy (non-hydrogen) atoms. The van der Waals surface area contributed by atoms with Crippen molar-refractivity contribution in [2.75, 3.05) is 25.6 Å². The molecule has 168 valence electrons. The number of urea groups is 1. The van der Waals surface area contributed by atoms with Crippen LogP contribution in [0.5, 0.6) is 5.75 Å². The molecule has 7 heteroatoms. The Morgan fingerprint density at radius 3 is 2.84 bits per heavy atom. The van der Waals surface area contributed by atoms with Crippen molar-refractivity contribution in [2.24, 2.45) is 0 Å². The number of ether oxygens (including phenoxy) is 2. The number of anilines is 1. The third-order valence-corrected chi connectivity index (χ3v) is 5.84. The van der Waals surface area contributed by atoms with E-state index in [-0.39, 0.29) is 24.2 Å². The summed E-state index contributed by atoms with van der Waals surface area (Å²) >= 11 is 0. The predicted molar refractivity (Wildman–Crippen MR) is 125 cm³/mol. The van der Waals surface area contributed by atoms with E-state index in [1.165, 1.54) is 5.56 Å². The molecule has 1 aliphatic rings. The number of fused-ring (bicyclic) bond motifs is 1. The molecule has 1 aromatic heterocycles. The number of hydrogen-bond acceptors (Lipinski definition) is 4. The van der Waals surface area contributed by atoms with Gasteiger partial charge in [0.15, 0.2) is 0 Å². The number of hydrogen-bond donors (Lipinski definition) is 2. The van der Waals surface area contributed by atoms with Crippen molar-refractivity contribution in [3.63, 3.8) is 0 Å². The van der Waals surface area contributed by atoms with E-state index < -0.39 is 0 Å². The Bertz CT molecular complexity index is 1150. The zero-order chi connectivity index (χ0) is 22.5. The van der Waals surface area contributed by atoms with E-state index in [9.17, 15) is 9.59 Å². The van der Waals surface area contributed by atoms with Crippen LogP contribution in [0.2, 0.25) is 0 Å². The fourth-order valence-electron chi connectivity index (χ4n) is 4.04. The number of aromatic amines is 1. The third kappa shape index (κ3) is 4.94. The number of para-hydroxylation sites is 2. The lowest BCUT2D eigenvalue weighted by molar-refractivity contribution is 0.0818. The van der Waals surface area contributed by atoms with Crippen LogP contribution in [-0.4, -0.2) is 42.3 Å². The van der Waals surface area contributed by atoms with E-state index in [2.05, 4.69) is 23.3 Å². The number of H-pyrrole nitrogens is 1. The quantitative estimate of drug-likeness (QED) is 0.579. The highest BCUT2D eigenvalue weighted by Crippen LogP contribution is 2.24. The monoisotopic (exact) mass is 435 g/mol. The molecule has 0 aliphatic carbocycles. The van der Waals surface area contributed by atoms with Gasteiger partial charge < -0.3 is 24.7 Å². The summed E-state index contributed by atoms with van der Waals surface area (Å²) in [6, 6.07) is 14.9. The van der Waals surface area contributed by atoms with Gasteiger partial charge >= 0.3 is 6.03 Å². The molecule has 0 spiro atoms. The summed E-state index contributed by atoms with van der Waals surface area (Å²) in [5.74, 6) is 0.577. The average Bonchev–Trinajstić information content (AvgIpc) is 3.32. The molecular formula is C25H29N3O4. The minimum Gasteiger partial charge on any atom is -0.495 e. The van der Waals surface area contributed by atoms with Gasteiger partial charge in [-0.25, -0.2) is 4.79 Å². The number of pyridine rings is 1. The van der Waals surface area contributed by atoms with E-state index in [4.69, 9.17) is 9.47 Å². The van der Waals surface area contributed by atoms with E-state index >= 15 is 0 Å². The van der Waals surface area contributed by atoms with Gasteiger partial charge in [0.1, 0.15) is 5.75 Å². The molecule has 1 unspecified atom stereocenters. The van der Waals surface area contributed by atoms with Crippen LogP contribution in [0.1, 0.15) is 30.9 Å². The first kappa shape index (κ1) is 21.9. The number of nitrogens with zero attached hydrogens (tertiary/aromatic N) is 1. The number of rotatable bonds is 7. The smallest absolute Gasteiger partial charge is 0.322 e. The minimum atomic E-state index is -0.299. The molecule has 3 aromatic rings. The van der Waals surface area contributed by atoms with Gasteiger partial charge in [-0.1, -0.05) is 25.1 Å². The lowest BCUT2D eigenvalue weighted by atomic mass is 10.1. The normalized spacial score (nSPS) is 15.6. The predicted octanol–water partition coefficient (Wildman–Crippen LogP) is 4.31. The molecular weight excluding hydrogens is 406 g/mol. The number of amides is 2. The highest BCUT2D eigenvalue weighted by molar-refractivity contribution is 5.91. The van der Waals surface area contributed by atoms with Crippen molar-refractivity contribution in [3.05, 3.63) is 70.0 Å². The second-order valence-corrected chi connectivity index (χ2v) is 8.04. The fourth-order valence-corrected chi connectivity index (χ4v) is 4.04. The molecule has 2 amide bonds. The maximum Gasteiger partial charge on any atom is 0.322 e. The highest BCUT2D eigenvalue weighted by atomic mass is 16.5. The zero-order valence-electron chi connectivity index (χ0n) is 18.5. The second kappa shape index (κ2) is 9.87. The van der Waals surface area contributed by atoms with Crippen LogP contribution in [0.25, 0.3) is 10.9 Å². The SMILES string of the molecule is CCc1ccc2[nH]c(=O)c(CN(CC3CCCO3)C(=O)Nc3ccccc3OC)cc2c1. The van der Waals surface area contributed by atoms with Gasteiger partial charge in [0.2, 0.25) is 0 Å². The molecule has 2 N–H and O–H groups in total. The lowest BCUT2D eigenvalue weighted by Gasteiger charge is -2.26. The maximum atomic E-state index is 13.2. The van der Waals surface area contributed by atoms with E-state index in [0.29, 0.717) is 30.2 Å². The summed E-state index contributed by atoms with van der Waals surface area (Å²) in [5, 5.41) is 3.88. The molecule has 2 aromatic carbocycles. The number of methoxy groups -OCH3 is 1. The van der Waals surface area contributed by atoms with Gasteiger partial charge in [-0.15, -0.1) is 0 Å². The standard InChI is InChI=1S/C25H29N3O4/c1-3-17-10-11-21-18(13-17)14-19(24(29)26-21)15-28(16-20-7-6-12-32-20)25(30)27-22-8-4-5-9-23(22)31-2/h4-5,8-11,13-14,20H,3,6-7,12,15-16H2,1-2H3,(H,26,29)(H,27,30). The molecule has 1 saturated heterocycles. The van der Waals surface area contributed by atoms with Crippen molar-refractivity contribution in [1.82, 2.24) is 9.88 Å². The number of aryl methyl sites for hydroxylation is 1. The van der Waals surface area contributed by atoms with Gasteiger partial charge in [0.05, 0.1) is 25.4 Å². The van der Waals surface area contributed by atoms with Crippen LogP contribution in [0.15, 0.2) is 53.3 Å². The van der Waals surface area contributed by atoms with Crippen LogP contribution in [-0.2, 0) is 17.7 Å². The second-order valence-electron chi connectivity index (χ2n) is 8.04. The van der Waals surface area contributed by atoms with E-state index in [1.807, 2.05) is 30.3 Å². The molecule has 0 bridgehead atoms. The molecule has 1 aliphatic heterocycles. The van der Waals surface area contributed by atoms with Crippen molar-refractivity contribution >= 4 is 22.6 Å². The summed E-state index contributed by atoms with van der Waals surface area (Å²) < 4.78 is 11.1. The first-order chi connectivity index (χ1) is 15.6. The van der Waals surface area contributed by atoms with Gasteiger partial charge in [0.25, 0.3) is 5.56 Å². The first-order valence-electron chi connectivity index (χ1n) is 11.0. The van der Waals surface area contributed by atoms with Gasteiger partial charge in [-0.05, 0) is 60.5 Å². The first-order valence-corrected chi connectivity index (χ1v) is 11.0. The van der Waals surface area contributed by atoms with E-state index in [1.54, 1.807) is 24.1 Å². The highest BCUT2D eigenvalue weighted by Gasteiger charge is 2.24. The molecule has 2 heterocycles. The Hall–Kier alpha value is -3.32. The van der Waals surface area contributed by atoms with Crippen molar-refractivity contribution in [3.8, 4) is 5.75 Å². The molecule has 0 saturated carbocycles. The van der Waals surface area contributed by atoms with E-state index in [0.717, 1.165) is 30.2 Å². The van der Waals surface area contributed by atoms with Crippen molar-refractivity contribution in [1.29, 1.82) is 0 Å². The number of carbonyl (C=O) groups is 1. The Morgan fingerprint density at radius 1 is 1.25 bits per heavy atom. The largest absolute Gasteiger partial charge is 0.495 e. The number of nitrogens with one attached hydrogen (secondary N) is 2. The Kier molecular flexibility index (Phi) is 6.75. The van der Waals surface area contributed by atoms with Crippen molar-refractivity contribution in [2.45, 2.75) is 38.8 Å². The van der Waals surface area contributed by atoms with Crippen LogP contribution < -0.4 is 15.6 Å². The van der Waals surface area contributed by atoms with Gasteiger partial charge in [-0.3, -0.25) is 4.79 Å². The molecule has 1 fully saturated rings. The lowest BCUT2D eigenvalue weighted by Crippen LogP contribution is -2.40. The summed E-state index contributed by atoms with van der Waals surface area (Å²) in [4.78, 5) is 30.6. The molecule has 4 rings (SSSR count). The summed E-state index contributed by atoms with van der Waals surface area (Å²) in [6.45, 7) is 3.39. The average molecular weight is 436 g/mol. The van der Waals surface area contributed by atoms with Crippen LogP contribution in [0.4, 0.5) is 10.5 Å². The van der Waals surface area contributed by atoms with Gasteiger partial charge in [0, 0.05) is 24.2 Å². The Balaban J connectivity index is 1.62. The minimum absolute atomic E-state index is 0.0374. The summed E-state index contributed by atoms with van der Waals surface area (Å²) in [6.07, 6.45) is 2.75. The van der Waals surface area contributed by atoms with Crippen LogP contribution in [0, 0.1) is 0 Å². The summed E-state index contributed by atoms with van der Waals surface area (Å²) in [7, 11) is 1.56. The van der Waals surface area contributed by atoms with Crippen LogP contribution in [0.3, 0.4) is 0 Å². The van der Waals surface area contributed by atoms with Crippen molar-refractivity contribution < 1.29 is 14.3 Å². The zero-order valence-corrected chi connectivity index (χ0v) is 18.5. The van der Waals surface area contributed by atoms with Gasteiger partial charge in [-0.2, -0.15) is 0 Å². The maximum absolute atomic E-state index is 13.2. The fraction of sp³-hybridized carbons (Fsp3) is 0.360. The topological polar surface area (TPSA) is 83.7 Å². The molecule has 0 radical (unpaired) electrons. The number of benzene rings is 2. The molecule has 7 nitrogen and oxygen atoms in total. The Morgan fingerprint density at radius 2 is 2.09 bits per heavy atom.